The highest BCUT2D eigenvalue weighted by atomic mass is 32.1. The first-order valence-electron chi connectivity index (χ1n) is 5.20. The van der Waals surface area contributed by atoms with Gasteiger partial charge in [-0.3, -0.25) is 0 Å². The number of thiazole rings is 1. The standard InChI is InChI=1S/C10H15N3O4S/c1-6-8(18-5-11-6)3-13(2)10(17)12-7(4-14)9(15)16/h5,7,14H,3-4H2,1-2H3,(H,12,17)(H,15,16)/t7-/m0/s1. The molecule has 0 radical (unpaired) electrons. The molecule has 1 aromatic heterocycles. The van der Waals surface area contributed by atoms with Crippen molar-refractivity contribution in [2.24, 2.45) is 0 Å². The summed E-state index contributed by atoms with van der Waals surface area (Å²) in [6, 6.07) is -1.84. The molecule has 2 amide bonds. The quantitative estimate of drug-likeness (QED) is 0.703. The second kappa shape index (κ2) is 6.31. The number of carboxylic acid groups (broad SMARTS) is 1. The summed E-state index contributed by atoms with van der Waals surface area (Å²) < 4.78 is 0. The zero-order chi connectivity index (χ0) is 13.7. The lowest BCUT2D eigenvalue weighted by molar-refractivity contribution is -0.140. The predicted molar refractivity (Wildman–Crippen MR) is 65.4 cm³/mol. The summed E-state index contributed by atoms with van der Waals surface area (Å²) in [6.45, 7) is 1.54. The fraction of sp³-hybridized carbons (Fsp3) is 0.500. The van der Waals surface area contributed by atoms with Crippen LogP contribution < -0.4 is 5.32 Å². The monoisotopic (exact) mass is 273 g/mol. The van der Waals surface area contributed by atoms with Gasteiger partial charge in [0.2, 0.25) is 0 Å². The Morgan fingerprint density at radius 1 is 1.61 bits per heavy atom. The third-order valence-electron chi connectivity index (χ3n) is 2.35. The van der Waals surface area contributed by atoms with Crippen LogP contribution in [0.5, 0.6) is 0 Å². The molecule has 0 aliphatic rings. The molecule has 8 heteroatoms. The number of carbonyl (C=O) groups is 2. The van der Waals surface area contributed by atoms with Gasteiger partial charge in [-0.15, -0.1) is 11.3 Å². The van der Waals surface area contributed by atoms with Crippen molar-refractivity contribution in [1.82, 2.24) is 15.2 Å². The second-order valence-corrected chi connectivity index (χ2v) is 4.68. The van der Waals surface area contributed by atoms with E-state index in [0.717, 1.165) is 10.6 Å². The Bertz CT molecular complexity index is 435. The van der Waals surface area contributed by atoms with Crippen molar-refractivity contribution in [3.8, 4) is 0 Å². The summed E-state index contributed by atoms with van der Waals surface area (Å²) in [6.07, 6.45) is 0. The minimum absolute atomic E-state index is 0.347. The number of amides is 2. The van der Waals surface area contributed by atoms with Crippen LogP contribution in [0.4, 0.5) is 4.79 Å². The van der Waals surface area contributed by atoms with Gasteiger partial charge in [0.25, 0.3) is 0 Å². The van der Waals surface area contributed by atoms with Gasteiger partial charge in [-0.2, -0.15) is 0 Å². The lowest BCUT2D eigenvalue weighted by atomic mass is 10.3. The van der Waals surface area contributed by atoms with Crippen molar-refractivity contribution in [2.75, 3.05) is 13.7 Å². The zero-order valence-corrected chi connectivity index (χ0v) is 10.9. The van der Waals surface area contributed by atoms with E-state index in [-0.39, 0.29) is 0 Å². The molecule has 0 saturated heterocycles. The topological polar surface area (TPSA) is 103 Å². The van der Waals surface area contributed by atoms with Crippen LogP contribution >= 0.6 is 11.3 Å². The third kappa shape index (κ3) is 3.67. The molecule has 0 aromatic carbocycles. The van der Waals surface area contributed by atoms with Gasteiger partial charge in [0.1, 0.15) is 0 Å². The molecule has 0 aliphatic carbocycles. The summed E-state index contributed by atoms with van der Waals surface area (Å²) in [5.41, 5.74) is 2.53. The lowest BCUT2D eigenvalue weighted by Crippen LogP contribution is -2.48. The van der Waals surface area contributed by atoms with Crippen LogP contribution in [0.2, 0.25) is 0 Å². The summed E-state index contributed by atoms with van der Waals surface area (Å²) in [4.78, 5) is 28.7. The van der Waals surface area contributed by atoms with E-state index in [1.807, 2.05) is 6.92 Å². The molecule has 100 valence electrons. The van der Waals surface area contributed by atoms with Gasteiger partial charge < -0.3 is 20.4 Å². The highest BCUT2D eigenvalue weighted by Gasteiger charge is 2.21. The number of rotatable bonds is 5. The SMILES string of the molecule is Cc1ncsc1CN(C)C(=O)N[C@@H](CO)C(=O)O. The van der Waals surface area contributed by atoms with Crippen LogP contribution in [0.15, 0.2) is 5.51 Å². The first-order valence-corrected chi connectivity index (χ1v) is 6.08. The van der Waals surface area contributed by atoms with Crippen molar-refractivity contribution in [3.63, 3.8) is 0 Å². The van der Waals surface area contributed by atoms with Crippen molar-refractivity contribution in [2.45, 2.75) is 19.5 Å². The van der Waals surface area contributed by atoms with Gasteiger partial charge in [-0.25, -0.2) is 14.6 Å². The van der Waals surface area contributed by atoms with Crippen LogP contribution in [0.25, 0.3) is 0 Å². The Morgan fingerprint density at radius 2 is 2.28 bits per heavy atom. The number of hydrogen-bond acceptors (Lipinski definition) is 5. The summed E-state index contributed by atoms with van der Waals surface area (Å²) in [5.74, 6) is -1.27. The molecule has 0 aliphatic heterocycles. The minimum atomic E-state index is -1.29. The molecule has 1 atom stereocenters. The number of aliphatic carboxylic acids is 1. The van der Waals surface area contributed by atoms with Crippen LogP contribution in [0, 0.1) is 6.92 Å². The molecule has 18 heavy (non-hydrogen) atoms. The van der Waals surface area contributed by atoms with Crippen LogP contribution in [-0.4, -0.2) is 51.8 Å². The van der Waals surface area contributed by atoms with Crippen molar-refractivity contribution in [1.29, 1.82) is 0 Å². The van der Waals surface area contributed by atoms with Crippen molar-refractivity contribution >= 4 is 23.3 Å². The highest BCUT2D eigenvalue weighted by Crippen LogP contribution is 2.14. The number of aromatic nitrogens is 1. The molecule has 0 spiro atoms. The Balaban J connectivity index is 2.56. The number of aliphatic hydroxyl groups is 1. The maximum atomic E-state index is 11.7. The van der Waals surface area contributed by atoms with Gasteiger partial charge in [-0.05, 0) is 6.92 Å². The Labute approximate surface area is 108 Å². The van der Waals surface area contributed by atoms with Gasteiger partial charge in [0.15, 0.2) is 6.04 Å². The molecule has 0 bridgehead atoms. The number of aliphatic hydroxyl groups excluding tert-OH is 1. The summed E-state index contributed by atoms with van der Waals surface area (Å²) in [7, 11) is 1.55. The Morgan fingerprint density at radius 3 is 2.72 bits per heavy atom. The molecule has 1 rings (SSSR count). The fourth-order valence-corrected chi connectivity index (χ4v) is 2.04. The summed E-state index contributed by atoms with van der Waals surface area (Å²) >= 11 is 1.43. The minimum Gasteiger partial charge on any atom is -0.480 e. The number of urea groups is 1. The molecule has 1 aromatic rings. The molecule has 7 nitrogen and oxygen atoms in total. The van der Waals surface area contributed by atoms with E-state index in [2.05, 4.69) is 10.3 Å². The van der Waals surface area contributed by atoms with Gasteiger partial charge in [-0.1, -0.05) is 0 Å². The van der Waals surface area contributed by atoms with Crippen LogP contribution in [0.1, 0.15) is 10.6 Å². The summed E-state index contributed by atoms with van der Waals surface area (Å²) in [5, 5.41) is 19.7. The van der Waals surface area contributed by atoms with E-state index in [4.69, 9.17) is 10.2 Å². The number of carbonyl (C=O) groups excluding carboxylic acids is 1. The first kappa shape index (κ1) is 14.4. The van der Waals surface area contributed by atoms with Crippen molar-refractivity contribution < 1.29 is 19.8 Å². The first-order chi connectivity index (χ1) is 8.45. The Hall–Kier alpha value is -1.67. The largest absolute Gasteiger partial charge is 0.480 e. The number of nitrogens with zero attached hydrogens (tertiary/aromatic N) is 2. The normalized spacial score (nSPS) is 11.9. The van der Waals surface area contributed by atoms with E-state index < -0.39 is 24.6 Å². The average Bonchev–Trinajstić information content (AvgIpc) is 2.71. The third-order valence-corrected chi connectivity index (χ3v) is 3.27. The lowest BCUT2D eigenvalue weighted by Gasteiger charge is -2.20. The van der Waals surface area contributed by atoms with Gasteiger partial charge in [0, 0.05) is 11.9 Å². The highest BCUT2D eigenvalue weighted by molar-refractivity contribution is 7.09. The number of nitrogens with one attached hydrogen (secondary N) is 1. The smallest absolute Gasteiger partial charge is 0.328 e. The molecule has 0 saturated carbocycles. The van der Waals surface area contributed by atoms with E-state index >= 15 is 0 Å². The van der Waals surface area contributed by atoms with E-state index in [1.54, 1.807) is 12.6 Å². The number of hydrogen-bond donors (Lipinski definition) is 3. The van der Waals surface area contributed by atoms with E-state index in [0.29, 0.717) is 6.54 Å². The average molecular weight is 273 g/mol. The molecule has 0 unspecified atom stereocenters. The zero-order valence-electron chi connectivity index (χ0n) is 10.1. The van der Waals surface area contributed by atoms with Crippen LogP contribution in [0.3, 0.4) is 0 Å². The molecule has 1 heterocycles. The number of aryl methyl sites for hydroxylation is 1. The van der Waals surface area contributed by atoms with Gasteiger partial charge >= 0.3 is 12.0 Å². The fourth-order valence-electron chi connectivity index (χ4n) is 1.21. The molecule has 3 N–H and O–H groups in total. The molecular weight excluding hydrogens is 258 g/mol. The van der Waals surface area contributed by atoms with E-state index in [1.165, 1.54) is 16.2 Å². The van der Waals surface area contributed by atoms with Crippen LogP contribution in [-0.2, 0) is 11.3 Å². The maximum Gasteiger partial charge on any atom is 0.328 e. The Kier molecular flexibility index (Phi) is 5.05. The second-order valence-electron chi connectivity index (χ2n) is 3.74. The van der Waals surface area contributed by atoms with Gasteiger partial charge in [0.05, 0.1) is 24.4 Å². The molecule has 0 fully saturated rings. The maximum absolute atomic E-state index is 11.7. The van der Waals surface area contributed by atoms with E-state index in [9.17, 15) is 9.59 Å². The predicted octanol–water partition coefficient (Wildman–Crippen LogP) is 0.0384. The molecular formula is C10H15N3O4S. The van der Waals surface area contributed by atoms with Crippen molar-refractivity contribution in [3.05, 3.63) is 16.1 Å². The number of carboxylic acids is 1.